The molecule has 4 nitrogen and oxygen atoms in total. The zero-order valence-corrected chi connectivity index (χ0v) is 11.4. The Morgan fingerprint density at radius 1 is 1.44 bits per heavy atom. The summed E-state index contributed by atoms with van der Waals surface area (Å²) in [5.41, 5.74) is 5.47. The fraction of sp³-hybridized carbons (Fsp3) is 0.538. The Morgan fingerprint density at radius 3 is 2.83 bits per heavy atom. The van der Waals surface area contributed by atoms with E-state index in [0.29, 0.717) is 12.3 Å². The number of benzene rings is 1. The molecule has 0 spiro atoms. The highest BCUT2D eigenvalue weighted by Gasteiger charge is 2.29. The lowest BCUT2D eigenvalue weighted by Gasteiger charge is -2.23. The molecule has 1 aromatic rings. The molecule has 0 heterocycles. The quantitative estimate of drug-likeness (QED) is 0.617. The fourth-order valence-electron chi connectivity index (χ4n) is 2.75. The van der Waals surface area contributed by atoms with Crippen molar-refractivity contribution < 1.29 is 8.42 Å². The molecule has 1 aliphatic carbocycles. The molecule has 0 saturated heterocycles. The maximum atomic E-state index is 11.2. The van der Waals surface area contributed by atoms with Gasteiger partial charge in [-0.3, -0.25) is 11.3 Å². The summed E-state index contributed by atoms with van der Waals surface area (Å²) in [4.78, 5) is 0. The van der Waals surface area contributed by atoms with Crippen LogP contribution in [0.1, 0.15) is 29.9 Å². The Kier molecular flexibility index (Phi) is 4.04. The first-order chi connectivity index (χ1) is 8.51. The van der Waals surface area contributed by atoms with Crippen molar-refractivity contribution >= 4 is 9.84 Å². The molecule has 0 saturated carbocycles. The first-order valence-electron chi connectivity index (χ1n) is 6.23. The van der Waals surface area contributed by atoms with Crippen LogP contribution in [-0.4, -0.2) is 26.5 Å². The van der Waals surface area contributed by atoms with Gasteiger partial charge in [0.05, 0.1) is 5.75 Å². The summed E-state index contributed by atoms with van der Waals surface area (Å²) in [5.74, 6) is 6.10. The number of hydrogen-bond acceptors (Lipinski definition) is 4. The second-order valence-electron chi connectivity index (χ2n) is 5.04. The van der Waals surface area contributed by atoms with Gasteiger partial charge in [0.2, 0.25) is 0 Å². The summed E-state index contributed by atoms with van der Waals surface area (Å²) in [6.07, 6.45) is 3.92. The van der Waals surface area contributed by atoms with Gasteiger partial charge in [-0.05, 0) is 30.4 Å². The van der Waals surface area contributed by atoms with E-state index in [9.17, 15) is 8.42 Å². The highest BCUT2D eigenvalue weighted by Crippen LogP contribution is 2.36. The molecular formula is C13H20N2O2S. The average Bonchev–Trinajstić information content (AvgIpc) is 2.73. The van der Waals surface area contributed by atoms with E-state index in [0.717, 1.165) is 12.8 Å². The van der Waals surface area contributed by atoms with Crippen molar-refractivity contribution in [1.29, 1.82) is 0 Å². The lowest BCUT2D eigenvalue weighted by molar-refractivity contribution is 0.425. The molecule has 0 bridgehead atoms. The van der Waals surface area contributed by atoms with E-state index in [1.807, 2.05) is 12.1 Å². The second kappa shape index (κ2) is 5.38. The smallest absolute Gasteiger partial charge is 0.147 e. The van der Waals surface area contributed by atoms with Crippen LogP contribution in [0, 0.1) is 0 Å². The molecule has 3 N–H and O–H groups in total. The predicted molar refractivity (Wildman–Crippen MR) is 72.9 cm³/mol. The van der Waals surface area contributed by atoms with E-state index >= 15 is 0 Å². The van der Waals surface area contributed by atoms with Crippen molar-refractivity contribution in [3.63, 3.8) is 0 Å². The fourth-order valence-corrected chi connectivity index (χ4v) is 3.43. The minimum Gasteiger partial charge on any atom is -0.271 e. The molecule has 1 aliphatic rings. The second-order valence-corrected chi connectivity index (χ2v) is 7.30. The lowest BCUT2D eigenvalue weighted by Crippen LogP contribution is -2.40. The summed E-state index contributed by atoms with van der Waals surface area (Å²) in [7, 11) is -2.93. The normalized spacial score (nSPS) is 20.7. The molecule has 0 radical (unpaired) electrons. The van der Waals surface area contributed by atoms with Gasteiger partial charge in [-0.25, -0.2) is 8.42 Å². The molecule has 1 aromatic carbocycles. The lowest BCUT2D eigenvalue weighted by atomic mass is 9.92. The maximum absolute atomic E-state index is 11.2. The van der Waals surface area contributed by atoms with Crippen LogP contribution in [-0.2, 0) is 16.3 Å². The number of nitrogens with two attached hydrogens (primary N) is 1. The molecule has 100 valence electrons. The summed E-state index contributed by atoms with van der Waals surface area (Å²) in [5, 5.41) is 0. The van der Waals surface area contributed by atoms with Gasteiger partial charge in [-0.15, -0.1) is 0 Å². The maximum Gasteiger partial charge on any atom is 0.147 e. The summed E-state index contributed by atoms with van der Waals surface area (Å²) < 4.78 is 22.5. The number of fused-ring (bicyclic) bond motifs is 1. The first kappa shape index (κ1) is 13.5. The molecule has 2 unspecified atom stereocenters. The van der Waals surface area contributed by atoms with Crippen molar-refractivity contribution in [1.82, 2.24) is 5.43 Å². The third-order valence-electron chi connectivity index (χ3n) is 3.68. The largest absolute Gasteiger partial charge is 0.271 e. The number of aryl methyl sites for hydroxylation is 1. The molecule has 0 fully saturated rings. The van der Waals surface area contributed by atoms with Crippen LogP contribution < -0.4 is 11.3 Å². The van der Waals surface area contributed by atoms with Crippen LogP contribution in [0.2, 0.25) is 0 Å². The van der Waals surface area contributed by atoms with Gasteiger partial charge in [0.1, 0.15) is 9.84 Å². The molecule has 2 atom stereocenters. The summed E-state index contributed by atoms with van der Waals surface area (Å²) in [6.45, 7) is 0. The third kappa shape index (κ3) is 3.10. The minimum absolute atomic E-state index is 0.0309. The molecule has 0 aliphatic heterocycles. The number of nitrogens with one attached hydrogen (secondary N) is 1. The molecule has 0 aromatic heterocycles. The van der Waals surface area contributed by atoms with Crippen molar-refractivity contribution in [2.24, 2.45) is 5.84 Å². The van der Waals surface area contributed by atoms with E-state index in [1.54, 1.807) is 0 Å². The molecule has 18 heavy (non-hydrogen) atoms. The van der Waals surface area contributed by atoms with E-state index < -0.39 is 9.84 Å². The highest BCUT2D eigenvalue weighted by molar-refractivity contribution is 7.90. The van der Waals surface area contributed by atoms with E-state index in [2.05, 4.69) is 17.6 Å². The van der Waals surface area contributed by atoms with Crippen molar-refractivity contribution in [3.05, 3.63) is 35.4 Å². The average molecular weight is 268 g/mol. The van der Waals surface area contributed by atoms with E-state index in [1.165, 1.54) is 17.4 Å². The minimum atomic E-state index is -2.93. The van der Waals surface area contributed by atoms with Crippen LogP contribution in [0.25, 0.3) is 0 Å². The van der Waals surface area contributed by atoms with Gasteiger partial charge in [0.15, 0.2) is 0 Å². The summed E-state index contributed by atoms with van der Waals surface area (Å²) in [6, 6.07) is 8.37. The molecule has 0 amide bonds. The summed E-state index contributed by atoms with van der Waals surface area (Å²) >= 11 is 0. The van der Waals surface area contributed by atoms with Gasteiger partial charge in [-0.2, -0.15) is 0 Å². The van der Waals surface area contributed by atoms with Gasteiger partial charge in [0.25, 0.3) is 0 Å². The van der Waals surface area contributed by atoms with Crippen molar-refractivity contribution in [2.75, 3.05) is 12.0 Å². The molecular weight excluding hydrogens is 248 g/mol. The standard InChI is InChI=1S/C13H20N2O2S/c1-18(16,17)9-8-13(15-14)12-7-6-10-4-2-3-5-11(10)12/h2-5,12-13,15H,6-9,14H2,1H3. The monoisotopic (exact) mass is 268 g/mol. The Bertz CT molecular complexity index is 513. The Labute approximate surface area is 108 Å². The van der Waals surface area contributed by atoms with E-state index in [-0.39, 0.29) is 11.8 Å². The first-order valence-corrected chi connectivity index (χ1v) is 8.29. The third-order valence-corrected chi connectivity index (χ3v) is 4.66. The highest BCUT2D eigenvalue weighted by atomic mass is 32.2. The Morgan fingerprint density at radius 2 is 2.17 bits per heavy atom. The number of rotatable bonds is 5. The topological polar surface area (TPSA) is 72.2 Å². The number of hydrogen-bond donors (Lipinski definition) is 2. The molecule has 5 heteroatoms. The van der Waals surface area contributed by atoms with Crippen LogP contribution in [0.3, 0.4) is 0 Å². The Balaban J connectivity index is 2.11. The molecule has 2 rings (SSSR count). The van der Waals surface area contributed by atoms with Gasteiger partial charge in [-0.1, -0.05) is 24.3 Å². The van der Waals surface area contributed by atoms with Crippen LogP contribution in [0.4, 0.5) is 0 Å². The Hall–Kier alpha value is -0.910. The van der Waals surface area contributed by atoms with Crippen LogP contribution in [0.15, 0.2) is 24.3 Å². The predicted octanol–water partition coefficient (Wildman–Crippen LogP) is 0.983. The van der Waals surface area contributed by atoms with E-state index in [4.69, 9.17) is 5.84 Å². The zero-order chi connectivity index (χ0) is 13.2. The van der Waals surface area contributed by atoms with Crippen molar-refractivity contribution in [2.45, 2.75) is 31.2 Å². The number of sulfone groups is 1. The SMILES string of the molecule is CS(=O)(=O)CCC(NN)C1CCc2ccccc21. The van der Waals surface area contributed by atoms with Gasteiger partial charge in [0, 0.05) is 18.2 Å². The van der Waals surface area contributed by atoms with Gasteiger partial charge < -0.3 is 0 Å². The van der Waals surface area contributed by atoms with Gasteiger partial charge >= 0.3 is 0 Å². The van der Waals surface area contributed by atoms with Crippen molar-refractivity contribution in [3.8, 4) is 0 Å². The number of hydrazine groups is 1. The van der Waals surface area contributed by atoms with Crippen LogP contribution >= 0.6 is 0 Å². The van der Waals surface area contributed by atoms with Crippen LogP contribution in [0.5, 0.6) is 0 Å². The zero-order valence-electron chi connectivity index (χ0n) is 10.6.